The average molecular weight is 411 g/mol. The van der Waals surface area contributed by atoms with Gasteiger partial charge in [-0.3, -0.25) is 14.9 Å². The number of nitrogens with zero attached hydrogens (tertiary/aromatic N) is 2. The van der Waals surface area contributed by atoms with Crippen LogP contribution in [0.15, 0.2) is 21.6 Å². The summed E-state index contributed by atoms with van der Waals surface area (Å²) in [5.74, 6) is 0.470. The van der Waals surface area contributed by atoms with Crippen LogP contribution in [-0.4, -0.2) is 73.3 Å². The molecule has 2 aliphatic rings. The number of amides is 2. The zero-order valence-corrected chi connectivity index (χ0v) is 15.7. The number of carbonyl (C=O) groups excluding carboxylic acids is 2. The summed E-state index contributed by atoms with van der Waals surface area (Å²) in [6.45, 7) is 1.01. The summed E-state index contributed by atoms with van der Waals surface area (Å²) in [5, 5.41) is 2.80. The number of halogens is 1. The second-order valence-electron chi connectivity index (χ2n) is 5.48. The van der Waals surface area contributed by atoms with Crippen molar-refractivity contribution in [3.8, 4) is 0 Å². The number of hydrogen-bond acceptors (Lipinski definition) is 7. The molecule has 3 rings (SSSR count). The van der Waals surface area contributed by atoms with Crippen LogP contribution in [0.5, 0.6) is 0 Å². The molecule has 0 aromatic carbocycles. The van der Waals surface area contributed by atoms with E-state index in [-0.39, 0.29) is 48.3 Å². The predicted octanol–water partition coefficient (Wildman–Crippen LogP) is -0.704. The molecule has 0 aliphatic carbocycles. The summed E-state index contributed by atoms with van der Waals surface area (Å²) < 4.78 is 31.3. The van der Waals surface area contributed by atoms with Crippen molar-refractivity contribution in [2.45, 2.75) is 11.1 Å². The minimum Gasteiger partial charge on any atom is -0.438 e. The summed E-state index contributed by atoms with van der Waals surface area (Å²) in [5.41, 5.74) is 5.07. The van der Waals surface area contributed by atoms with Gasteiger partial charge in [0.1, 0.15) is 0 Å². The molecule has 3 N–H and O–H groups in total. The van der Waals surface area contributed by atoms with E-state index in [2.05, 4.69) is 5.32 Å². The van der Waals surface area contributed by atoms with E-state index in [9.17, 15) is 18.0 Å². The Hall–Kier alpha value is -1.27. The zero-order valence-electron chi connectivity index (χ0n) is 13.2. The van der Waals surface area contributed by atoms with Gasteiger partial charge < -0.3 is 15.1 Å². The van der Waals surface area contributed by atoms with E-state index in [0.717, 1.165) is 11.6 Å². The summed E-state index contributed by atoms with van der Waals surface area (Å²) in [4.78, 5) is 25.0. The van der Waals surface area contributed by atoms with Crippen molar-refractivity contribution >= 4 is 46.0 Å². The van der Waals surface area contributed by atoms with E-state index in [1.165, 1.54) is 16.4 Å². The molecule has 1 aromatic rings. The van der Waals surface area contributed by atoms with E-state index in [0.29, 0.717) is 13.1 Å². The predicted molar refractivity (Wildman–Crippen MR) is 94.1 cm³/mol. The molecule has 1 unspecified atom stereocenters. The van der Waals surface area contributed by atoms with E-state index >= 15 is 0 Å². The van der Waals surface area contributed by atoms with Gasteiger partial charge in [0.15, 0.2) is 5.76 Å². The number of furan rings is 1. The Morgan fingerprint density at radius 3 is 2.44 bits per heavy atom. The van der Waals surface area contributed by atoms with Gasteiger partial charge in [-0.15, -0.1) is 24.2 Å². The standard InChI is InChI=1S/C13H18N4O5S2.ClH/c14-12(18)10-1-2-11(22-10)24(20,21)17-5-3-16(4-6-17)13(19)9-7-23-8-15-9;/h1-2,9,15H,3-8H2,(H2,14,18);1H. The molecule has 2 amide bonds. The molecule has 2 aliphatic heterocycles. The quantitative estimate of drug-likeness (QED) is 0.671. The van der Waals surface area contributed by atoms with Crippen molar-refractivity contribution in [3.05, 3.63) is 17.9 Å². The van der Waals surface area contributed by atoms with Gasteiger partial charge in [0.05, 0.1) is 6.04 Å². The molecule has 140 valence electrons. The molecular weight excluding hydrogens is 392 g/mol. The maximum absolute atomic E-state index is 12.5. The molecule has 0 radical (unpaired) electrons. The highest BCUT2D eigenvalue weighted by atomic mass is 35.5. The fourth-order valence-electron chi connectivity index (χ4n) is 2.64. The molecule has 0 bridgehead atoms. The van der Waals surface area contributed by atoms with Crippen molar-refractivity contribution in [3.63, 3.8) is 0 Å². The summed E-state index contributed by atoms with van der Waals surface area (Å²) in [6.07, 6.45) is 0. The molecule has 0 saturated carbocycles. The van der Waals surface area contributed by atoms with Gasteiger partial charge >= 0.3 is 0 Å². The first-order valence-corrected chi connectivity index (χ1v) is 9.99. The lowest BCUT2D eigenvalue weighted by Crippen LogP contribution is -2.54. The third kappa shape index (κ3) is 4.11. The smallest absolute Gasteiger partial charge is 0.284 e. The Morgan fingerprint density at radius 1 is 1.24 bits per heavy atom. The molecule has 2 saturated heterocycles. The lowest BCUT2D eigenvalue weighted by molar-refractivity contribution is -0.133. The highest BCUT2D eigenvalue weighted by Gasteiger charge is 2.35. The third-order valence-corrected chi connectivity index (χ3v) is 6.70. The monoisotopic (exact) mass is 410 g/mol. The topological polar surface area (TPSA) is 126 Å². The van der Waals surface area contributed by atoms with Crippen LogP contribution in [0, 0.1) is 0 Å². The van der Waals surface area contributed by atoms with E-state index in [4.69, 9.17) is 10.2 Å². The third-order valence-electron chi connectivity index (χ3n) is 3.98. The fourth-order valence-corrected chi connectivity index (χ4v) is 4.91. The number of piperazine rings is 1. The van der Waals surface area contributed by atoms with E-state index in [1.807, 2.05) is 0 Å². The van der Waals surface area contributed by atoms with Gasteiger partial charge in [0, 0.05) is 37.8 Å². The van der Waals surface area contributed by atoms with Gasteiger partial charge in [0.2, 0.25) is 11.0 Å². The van der Waals surface area contributed by atoms with Gasteiger partial charge in [-0.1, -0.05) is 0 Å². The second kappa shape index (κ2) is 7.96. The van der Waals surface area contributed by atoms with Crippen molar-refractivity contribution < 1.29 is 22.4 Å². The van der Waals surface area contributed by atoms with Crippen molar-refractivity contribution in [1.82, 2.24) is 14.5 Å². The molecule has 1 atom stereocenters. The largest absolute Gasteiger partial charge is 0.438 e. The van der Waals surface area contributed by atoms with Crippen molar-refractivity contribution in [2.24, 2.45) is 5.73 Å². The Kier molecular flexibility index (Phi) is 6.38. The first kappa shape index (κ1) is 20.0. The van der Waals surface area contributed by atoms with Gasteiger partial charge in [-0.05, 0) is 12.1 Å². The molecule has 2 fully saturated rings. The molecule has 1 aromatic heterocycles. The van der Waals surface area contributed by atoms with Gasteiger partial charge in [-0.25, -0.2) is 8.42 Å². The summed E-state index contributed by atoms with van der Waals surface area (Å²) in [6, 6.07) is 2.26. The zero-order chi connectivity index (χ0) is 17.3. The molecule has 9 nitrogen and oxygen atoms in total. The first-order valence-electron chi connectivity index (χ1n) is 7.39. The molecule has 3 heterocycles. The number of nitrogens with two attached hydrogens (primary N) is 1. The maximum Gasteiger partial charge on any atom is 0.284 e. The van der Waals surface area contributed by atoms with Crippen molar-refractivity contribution in [2.75, 3.05) is 37.8 Å². The number of nitrogens with one attached hydrogen (secondary N) is 1. The van der Waals surface area contributed by atoms with Crippen molar-refractivity contribution in [1.29, 1.82) is 0 Å². The minimum absolute atomic E-state index is 0. The highest BCUT2D eigenvalue weighted by Crippen LogP contribution is 2.21. The Labute approximate surface area is 155 Å². The molecule has 25 heavy (non-hydrogen) atoms. The van der Waals surface area contributed by atoms with Gasteiger partial charge in [0.25, 0.3) is 15.9 Å². The Balaban J connectivity index is 0.00000225. The summed E-state index contributed by atoms with van der Waals surface area (Å²) in [7, 11) is -3.84. The SMILES string of the molecule is Cl.NC(=O)c1ccc(S(=O)(=O)N2CCN(C(=O)C3CSCN3)CC2)o1. The Bertz CT molecular complexity index is 739. The van der Waals surface area contributed by atoms with Crippen LogP contribution in [0.2, 0.25) is 0 Å². The number of sulfonamides is 1. The number of carbonyl (C=O) groups is 2. The van der Waals surface area contributed by atoms with Crippen LogP contribution in [0.1, 0.15) is 10.6 Å². The number of primary amides is 1. The maximum atomic E-state index is 12.5. The fraction of sp³-hybridized carbons (Fsp3) is 0.538. The van der Waals surface area contributed by atoms with Crippen LogP contribution >= 0.6 is 24.2 Å². The normalized spacial score (nSPS) is 21.8. The Morgan fingerprint density at radius 2 is 1.92 bits per heavy atom. The van der Waals surface area contributed by atoms with Crippen LogP contribution in [-0.2, 0) is 14.8 Å². The lowest BCUT2D eigenvalue weighted by atomic mass is 10.2. The van der Waals surface area contributed by atoms with Crippen LogP contribution in [0.25, 0.3) is 0 Å². The van der Waals surface area contributed by atoms with E-state index < -0.39 is 15.9 Å². The highest BCUT2D eigenvalue weighted by molar-refractivity contribution is 7.99. The van der Waals surface area contributed by atoms with Crippen LogP contribution < -0.4 is 11.1 Å². The van der Waals surface area contributed by atoms with Crippen LogP contribution in [0.4, 0.5) is 0 Å². The molecule has 12 heteroatoms. The molecule has 0 spiro atoms. The van der Waals surface area contributed by atoms with Gasteiger partial charge in [-0.2, -0.15) is 4.31 Å². The second-order valence-corrected chi connectivity index (χ2v) is 8.38. The number of rotatable bonds is 4. The average Bonchev–Trinajstić information content (AvgIpc) is 3.26. The number of hydrogen-bond donors (Lipinski definition) is 2. The van der Waals surface area contributed by atoms with Crippen LogP contribution in [0.3, 0.4) is 0 Å². The minimum atomic E-state index is -3.84. The first-order chi connectivity index (χ1) is 11.4. The summed E-state index contributed by atoms with van der Waals surface area (Å²) >= 11 is 1.67. The number of thioether (sulfide) groups is 1. The van der Waals surface area contributed by atoms with E-state index in [1.54, 1.807) is 16.7 Å². The molecular formula is C13H19ClN4O5S2. The lowest BCUT2D eigenvalue weighted by Gasteiger charge is -2.34.